The predicted molar refractivity (Wildman–Crippen MR) is 75.5 cm³/mol. The molecule has 0 N–H and O–H groups in total. The van der Waals surface area contributed by atoms with Gasteiger partial charge in [0, 0.05) is 21.9 Å². The average molecular weight is 353 g/mol. The fourth-order valence-electron chi connectivity index (χ4n) is 1.87. The summed E-state index contributed by atoms with van der Waals surface area (Å²) in [7, 11) is 0. The number of carbonyl (C=O) groups is 1. The van der Waals surface area contributed by atoms with E-state index in [2.05, 4.69) is 15.9 Å². The maximum absolute atomic E-state index is 12.4. The number of rotatable bonds is 2. The maximum Gasteiger partial charge on any atom is 0.255 e. The van der Waals surface area contributed by atoms with Gasteiger partial charge in [0.2, 0.25) is 0 Å². The van der Waals surface area contributed by atoms with Crippen molar-refractivity contribution < 1.29 is 9.53 Å². The van der Waals surface area contributed by atoms with Crippen molar-refractivity contribution in [2.45, 2.75) is 6.04 Å². The maximum atomic E-state index is 12.4. The van der Waals surface area contributed by atoms with Crippen molar-refractivity contribution in [2.75, 3.05) is 25.6 Å². The lowest BCUT2D eigenvalue weighted by Crippen LogP contribution is -2.49. The van der Waals surface area contributed by atoms with Crippen LogP contribution in [-0.4, -0.2) is 42.5 Å². The lowest BCUT2D eigenvalue weighted by molar-refractivity contribution is 0.00451. The van der Waals surface area contributed by atoms with E-state index in [1.165, 1.54) is 0 Å². The molecule has 1 saturated heterocycles. The standard InChI is InChI=1S/C12H12BrCl2NO2/c13-11-5-8(15)1-2-10(11)12(17)16-3-4-18-7-9(16)6-14/h1-2,5,9H,3-4,6-7H2. The van der Waals surface area contributed by atoms with Crippen LogP contribution in [0.25, 0.3) is 0 Å². The van der Waals surface area contributed by atoms with E-state index < -0.39 is 0 Å². The fourth-order valence-corrected chi connectivity index (χ4v) is 2.98. The van der Waals surface area contributed by atoms with Gasteiger partial charge in [0.25, 0.3) is 5.91 Å². The summed E-state index contributed by atoms with van der Waals surface area (Å²) in [6, 6.07) is 5.06. The normalized spacial score (nSPS) is 19.9. The highest BCUT2D eigenvalue weighted by atomic mass is 79.9. The minimum Gasteiger partial charge on any atom is -0.377 e. The van der Waals surface area contributed by atoms with Gasteiger partial charge in [-0.2, -0.15) is 0 Å². The Morgan fingerprint density at radius 3 is 3.00 bits per heavy atom. The molecular weight excluding hydrogens is 341 g/mol. The van der Waals surface area contributed by atoms with Gasteiger partial charge < -0.3 is 9.64 Å². The second kappa shape index (κ2) is 6.24. The van der Waals surface area contributed by atoms with Crippen LogP contribution in [0.2, 0.25) is 5.02 Å². The van der Waals surface area contributed by atoms with Crippen LogP contribution >= 0.6 is 39.1 Å². The summed E-state index contributed by atoms with van der Waals surface area (Å²) in [4.78, 5) is 14.2. The number of halogens is 3. The molecule has 1 aromatic rings. The topological polar surface area (TPSA) is 29.5 Å². The Balaban J connectivity index is 2.24. The second-order valence-electron chi connectivity index (χ2n) is 4.01. The zero-order valence-corrected chi connectivity index (χ0v) is 12.6. The molecule has 0 saturated carbocycles. The van der Waals surface area contributed by atoms with Gasteiger partial charge in [-0.3, -0.25) is 4.79 Å². The molecule has 6 heteroatoms. The van der Waals surface area contributed by atoms with Gasteiger partial charge >= 0.3 is 0 Å². The van der Waals surface area contributed by atoms with E-state index >= 15 is 0 Å². The molecule has 0 spiro atoms. The first-order valence-electron chi connectivity index (χ1n) is 5.53. The van der Waals surface area contributed by atoms with Gasteiger partial charge in [0.1, 0.15) is 0 Å². The van der Waals surface area contributed by atoms with Gasteiger partial charge in [0.05, 0.1) is 24.8 Å². The Morgan fingerprint density at radius 1 is 1.56 bits per heavy atom. The number of nitrogens with zero attached hydrogens (tertiary/aromatic N) is 1. The van der Waals surface area contributed by atoms with Crippen molar-refractivity contribution in [1.82, 2.24) is 4.90 Å². The lowest BCUT2D eigenvalue weighted by Gasteiger charge is -2.34. The number of carbonyl (C=O) groups excluding carboxylic acids is 1. The zero-order chi connectivity index (χ0) is 13.1. The molecule has 1 unspecified atom stereocenters. The number of morpholine rings is 1. The largest absolute Gasteiger partial charge is 0.377 e. The van der Waals surface area contributed by atoms with Gasteiger partial charge in [-0.05, 0) is 34.1 Å². The molecule has 1 fully saturated rings. The first-order chi connectivity index (χ1) is 8.63. The third-order valence-corrected chi connectivity index (χ3v) is 4.08. The number of amides is 1. The van der Waals surface area contributed by atoms with E-state index in [4.69, 9.17) is 27.9 Å². The Kier molecular flexibility index (Phi) is 4.90. The minimum absolute atomic E-state index is 0.0486. The predicted octanol–water partition coefficient (Wildman–Crippen LogP) is 3.18. The Hall–Kier alpha value is -0.290. The summed E-state index contributed by atoms with van der Waals surface area (Å²) in [6.07, 6.45) is 0. The molecule has 2 rings (SSSR count). The number of benzene rings is 1. The summed E-state index contributed by atoms with van der Waals surface area (Å²) in [5, 5.41) is 0.592. The van der Waals surface area contributed by atoms with E-state index in [1.54, 1.807) is 23.1 Å². The molecular formula is C12H12BrCl2NO2. The fraction of sp³-hybridized carbons (Fsp3) is 0.417. The van der Waals surface area contributed by atoms with E-state index in [0.29, 0.717) is 40.7 Å². The highest BCUT2D eigenvalue weighted by Crippen LogP contribution is 2.24. The van der Waals surface area contributed by atoms with Gasteiger partial charge in [0.15, 0.2) is 0 Å². The average Bonchev–Trinajstić information content (AvgIpc) is 2.38. The zero-order valence-electron chi connectivity index (χ0n) is 9.54. The van der Waals surface area contributed by atoms with Crippen molar-refractivity contribution in [3.63, 3.8) is 0 Å². The van der Waals surface area contributed by atoms with E-state index in [9.17, 15) is 4.79 Å². The summed E-state index contributed by atoms with van der Waals surface area (Å²) < 4.78 is 6.02. The molecule has 1 atom stereocenters. The molecule has 1 aromatic carbocycles. The van der Waals surface area contributed by atoms with Gasteiger partial charge in [-0.25, -0.2) is 0 Å². The molecule has 1 heterocycles. The smallest absolute Gasteiger partial charge is 0.255 e. The molecule has 1 amide bonds. The van der Waals surface area contributed by atoms with Crippen molar-refractivity contribution in [3.8, 4) is 0 Å². The van der Waals surface area contributed by atoms with E-state index in [0.717, 1.165) is 0 Å². The van der Waals surface area contributed by atoms with Crippen LogP contribution in [-0.2, 0) is 4.74 Å². The second-order valence-corrected chi connectivity index (χ2v) is 5.61. The summed E-state index contributed by atoms with van der Waals surface area (Å²) in [6.45, 7) is 1.59. The van der Waals surface area contributed by atoms with Crippen LogP contribution in [0.1, 0.15) is 10.4 Å². The summed E-state index contributed by atoms with van der Waals surface area (Å²) in [5.74, 6) is 0.323. The molecule has 3 nitrogen and oxygen atoms in total. The van der Waals surface area contributed by atoms with Gasteiger partial charge in [-0.15, -0.1) is 11.6 Å². The Morgan fingerprint density at radius 2 is 2.33 bits per heavy atom. The molecule has 0 aromatic heterocycles. The number of hydrogen-bond acceptors (Lipinski definition) is 2. The molecule has 0 radical (unpaired) electrons. The van der Waals surface area contributed by atoms with Crippen LogP contribution in [0.4, 0.5) is 0 Å². The third kappa shape index (κ3) is 2.99. The van der Waals surface area contributed by atoms with Crippen molar-refractivity contribution >= 4 is 45.0 Å². The molecule has 98 valence electrons. The van der Waals surface area contributed by atoms with Crippen LogP contribution < -0.4 is 0 Å². The van der Waals surface area contributed by atoms with Gasteiger partial charge in [-0.1, -0.05) is 11.6 Å². The van der Waals surface area contributed by atoms with Crippen LogP contribution in [0.3, 0.4) is 0 Å². The SMILES string of the molecule is O=C(c1ccc(Cl)cc1Br)N1CCOCC1CCl. The number of hydrogen-bond donors (Lipinski definition) is 0. The van der Waals surface area contributed by atoms with Crippen molar-refractivity contribution in [3.05, 3.63) is 33.3 Å². The quantitative estimate of drug-likeness (QED) is 0.765. The lowest BCUT2D eigenvalue weighted by atomic mass is 10.1. The summed E-state index contributed by atoms with van der Waals surface area (Å²) >= 11 is 15.1. The van der Waals surface area contributed by atoms with Crippen LogP contribution in [0, 0.1) is 0 Å². The number of alkyl halides is 1. The third-order valence-electron chi connectivity index (χ3n) is 2.83. The summed E-state index contributed by atoms with van der Waals surface area (Å²) in [5.41, 5.74) is 0.594. The highest BCUT2D eigenvalue weighted by Gasteiger charge is 2.28. The molecule has 1 aliphatic heterocycles. The highest BCUT2D eigenvalue weighted by molar-refractivity contribution is 9.10. The monoisotopic (exact) mass is 351 g/mol. The van der Waals surface area contributed by atoms with E-state index in [-0.39, 0.29) is 11.9 Å². The van der Waals surface area contributed by atoms with E-state index in [1.807, 2.05) is 0 Å². The Labute approximate surface area is 124 Å². The number of ether oxygens (including phenoxy) is 1. The minimum atomic E-state index is -0.0736. The van der Waals surface area contributed by atoms with Crippen LogP contribution in [0.5, 0.6) is 0 Å². The van der Waals surface area contributed by atoms with Crippen LogP contribution in [0.15, 0.2) is 22.7 Å². The molecule has 18 heavy (non-hydrogen) atoms. The Bertz CT molecular complexity index is 456. The molecule has 0 aliphatic carbocycles. The molecule has 1 aliphatic rings. The molecule has 0 bridgehead atoms. The van der Waals surface area contributed by atoms with Crippen molar-refractivity contribution in [2.24, 2.45) is 0 Å². The van der Waals surface area contributed by atoms with Crippen molar-refractivity contribution in [1.29, 1.82) is 0 Å². The first kappa shape index (κ1) is 14.1. The first-order valence-corrected chi connectivity index (χ1v) is 7.23.